The van der Waals surface area contributed by atoms with Crippen LogP contribution in [-0.4, -0.2) is 17.4 Å². The third-order valence-electron chi connectivity index (χ3n) is 3.35. The Bertz CT molecular complexity index is 684. The second-order valence-corrected chi connectivity index (χ2v) is 5.36. The lowest BCUT2D eigenvalue weighted by atomic mass is 10.0. The Morgan fingerprint density at radius 2 is 1.86 bits per heavy atom. The second kappa shape index (κ2) is 6.89. The van der Waals surface area contributed by atoms with Crippen LogP contribution in [0.2, 0.25) is 0 Å². The van der Waals surface area contributed by atoms with Crippen LogP contribution < -0.4 is 10.6 Å². The second-order valence-electron chi connectivity index (χ2n) is 5.36. The van der Waals surface area contributed by atoms with Gasteiger partial charge in [-0.1, -0.05) is 23.8 Å². The van der Waals surface area contributed by atoms with Gasteiger partial charge in [-0.15, -0.1) is 6.58 Å². The van der Waals surface area contributed by atoms with E-state index in [0.29, 0.717) is 12.1 Å². The molecule has 114 valence electrons. The Balaban J connectivity index is 2.24. The van der Waals surface area contributed by atoms with E-state index in [-0.39, 0.29) is 5.91 Å². The van der Waals surface area contributed by atoms with Crippen LogP contribution in [0.5, 0.6) is 0 Å². The van der Waals surface area contributed by atoms with Crippen LogP contribution in [0.4, 0.5) is 11.4 Å². The van der Waals surface area contributed by atoms with Gasteiger partial charge >= 0.3 is 0 Å². The predicted octanol–water partition coefficient (Wildman–Crippen LogP) is 3.67. The van der Waals surface area contributed by atoms with E-state index in [2.05, 4.69) is 55.1 Å². The normalized spacial score (nSPS) is 10.1. The summed E-state index contributed by atoms with van der Waals surface area (Å²) in [6.07, 6.45) is 4.91. The van der Waals surface area contributed by atoms with E-state index in [1.165, 1.54) is 16.7 Å². The summed E-state index contributed by atoms with van der Waals surface area (Å²) in [4.78, 5) is 16.1. The van der Waals surface area contributed by atoms with Gasteiger partial charge in [0.1, 0.15) is 0 Å². The maximum absolute atomic E-state index is 12.0. The molecule has 0 atom stereocenters. The molecule has 0 aliphatic carbocycles. The number of carbonyl (C=O) groups is 1. The van der Waals surface area contributed by atoms with Crippen LogP contribution in [-0.2, 0) is 0 Å². The first-order valence-electron chi connectivity index (χ1n) is 7.20. The Morgan fingerprint density at radius 1 is 1.18 bits per heavy atom. The van der Waals surface area contributed by atoms with E-state index < -0.39 is 0 Å². The molecule has 0 saturated heterocycles. The van der Waals surface area contributed by atoms with E-state index in [0.717, 1.165) is 11.4 Å². The molecule has 0 saturated carbocycles. The lowest BCUT2D eigenvalue weighted by Crippen LogP contribution is -2.23. The van der Waals surface area contributed by atoms with Gasteiger partial charge in [0.25, 0.3) is 5.91 Å². The third kappa shape index (κ3) is 3.73. The van der Waals surface area contributed by atoms with Gasteiger partial charge in [0.2, 0.25) is 0 Å². The number of rotatable bonds is 5. The Labute approximate surface area is 131 Å². The van der Waals surface area contributed by atoms with E-state index >= 15 is 0 Å². The van der Waals surface area contributed by atoms with Crippen LogP contribution in [0, 0.1) is 20.8 Å². The minimum atomic E-state index is -0.159. The van der Waals surface area contributed by atoms with E-state index in [9.17, 15) is 4.79 Å². The standard InChI is InChI=1S/C18H21N3O/c1-5-6-20-18(22)15-9-16(11-19-10-15)21-17-13(3)7-12(2)8-14(17)4/h5,7-11,21H,1,6H2,2-4H3,(H,20,22). The van der Waals surface area contributed by atoms with Crippen LogP contribution in [0.25, 0.3) is 0 Å². The van der Waals surface area contributed by atoms with Crippen LogP contribution in [0.3, 0.4) is 0 Å². The molecule has 0 fully saturated rings. The summed E-state index contributed by atoms with van der Waals surface area (Å²) >= 11 is 0. The molecule has 0 aliphatic heterocycles. The number of anilines is 2. The van der Waals surface area contributed by atoms with Gasteiger partial charge in [0, 0.05) is 18.4 Å². The zero-order chi connectivity index (χ0) is 16.1. The SMILES string of the molecule is C=CCNC(=O)c1cncc(Nc2c(C)cc(C)cc2C)c1. The monoisotopic (exact) mass is 295 g/mol. The fraction of sp³-hybridized carbons (Fsp3) is 0.222. The topological polar surface area (TPSA) is 54.0 Å². The van der Waals surface area contributed by atoms with Crippen LogP contribution >= 0.6 is 0 Å². The lowest BCUT2D eigenvalue weighted by Gasteiger charge is -2.14. The molecule has 2 aromatic rings. The molecule has 0 radical (unpaired) electrons. The van der Waals surface area contributed by atoms with Gasteiger partial charge in [-0.2, -0.15) is 0 Å². The molecular weight excluding hydrogens is 274 g/mol. The van der Waals surface area contributed by atoms with Crippen molar-refractivity contribution in [1.29, 1.82) is 0 Å². The minimum Gasteiger partial charge on any atom is -0.354 e. The third-order valence-corrected chi connectivity index (χ3v) is 3.35. The fourth-order valence-electron chi connectivity index (χ4n) is 2.42. The highest BCUT2D eigenvalue weighted by Gasteiger charge is 2.08. The first-order chi connectivity index (χ1) is 10.5. The van der Waals surface area contributed by atoms with Gasteiger partial charge < -0.3 is 10.6 Å². The molecule has 1 heterocycles. The van der Waals surface area contributed by atoms with Crippen molar-refractivity contribution >= 4 is 17.3 Å². The molecule has 2 rings (SSSR count). The van der Waals surface area contributed by atoms with Gasteiger partial charge in [0.05, 0.1) is 17.4 Å². The quantitative estimate of drug-likeness (QED) is 0.828. The van der Waals surface area contributed by atoms with Crippen molar-refractivity contribution in [2.75, 3.05) is 11.9 Å². The van der Waals surface area contributed by atoms with Crippen molar-refractivity contribution in [1.82, 2.24) is 10.3 Å². The number of nitrogens with one attached hydrogen (secondary N) is 2. The largest absolute Gasteiger partial charge is 0.354 e. The number of hydrogen-bond acceptors (Lipinski definition) is 3. The number of carbonyl (C=O) groups excluding carboxylic acids is 1. The molecule has 0 aliphatic rings. The molecular formula is C18H21N3O. The van der Waals surface area contributed by atoms with Crippen LogP contribution in [0.1, 0.15) is 27.0 Å². The Hall–Kier alpha value is -2.62. The van der Waals surface area contributed by atoms with Crippen LogP contribution in [0.15, 0.2) is 43.2 Å². The molecule has 4 heteroatoms. The van der Waals surface area contributed by atoms with Gasteiger partial charge in [-0.25, -0.2) is 0 Å². The summed E-state index contributed by atoms with van der Waals surface area (Å²) in [5, 5.41) is 6.10. The first-order valence-corrected chi connectivity index (χ1v) is 7.20. The summed E-state index contributed by atoms with van der Waals surface area (Å²) in [5.41, 5.74) is 5.93. The van der Waals surface area contributed by atoms with E-state index in [1.807, 2.05) is 0 Å². The molecule has 2 N–H and O–H groups in total. The van der Waals surface area contributed by atoms with Gasteiger partial charge in [-0.3, -0.25) is 9.78 Å². The van der Waals surface area contributed by atoms with Crippen molar-refractivity contribution in [3.05, 3.63) is 65.5 Å². The average Bonchev–Trinajstić information content (AvgIpc) is 2.48. The lowest BCUT2D eigenvalue weighted by molar-refractivity contribution is 0.0957. The molecule has 0 spiro atoms. The van der Waals surface area contributed by atoms with Crippen molar-refractivity contribution in [3.63, 3.8) is 0 Å². The molecule has 4 nitrogen and oxygen atoms in total. The molecule has 1 aromatic heterocycles. The summed E-state index contributed by atoms with van der Waals surface area (Å²) < 4.78 is 0. The highest BCUT2D eigenvalue weighted by molar-refractivity contribution is 5.95. The summed E-state index contributed by atoms with van der Waals surface area (Å²) in [5.74, 6) is -0.159. The number of pyridine rings is 1. The summed E-state index contributed by atoms with van der Waals surface area (Å²) in [6, 6.07) is 6.05. The van der Waals surface area contributed by atoms with Gasteiger partial charge in [-0.05, 0) is 38.0 Å². The molecule has 0 bridgehead atoms. The minimum absolute atomic E-state index is 0.159. The van der Waals surface area contributed by atoms with E-state index in [1.54, 1.807) is 24.5 Å². The number of aryl methyl sites for hydroxylation is 3. The zero-order valence-corrected chi connectivity index (χ0v) is 13.2. The first kappa shape index (κ1) is 15.8. The molecule has 1 amide bonds. The van der Waals surface area contributed by atoms with E-state index in [4.69, 9.17) is 0 Å². The average molecular weight is 295 g/mol. The molecule has 1 aromatic carbocycles. The smallest absolute Gasteiger partial charge is 0.253 e. The number of benzene rings is 1. The summed E-state index contributed by atoms with van der Waals surface area (Å²) in [6.45, 7) is 10.2. The molecule has 0 unspecified atom stereocenters. The number of amides is 1. The van der Waals surface area contributed by atoms with Crippen molar-refractivity contribution in [3.8, 4) is 0 Å². The molecule has 22 heavy (non-hydrogen) atoms. The predicted molar refractivity (Wildman–Crippen MR) is 90.7 cm³/mol. The highest BCUT2D eigenvalue weighted by Crippen LogP contribution is 2.25. The van der Waals surface area contributed by atoms with Crippen molar-refractivity contribution in [2.24, 2.45) is 0 Å². The summed E-state index contributed by atoms with van der Waals surface area (Å²) in [7, 11) is 0. The maximum Gasteiger partial charge on any atom is 0.253 e. The van der Waals surface area contributed by atoms with Gasteiger partial charge in [0.15, 0.2) is 0 Å². The van der Waals surface area contributed by atoms with Crippen molar-refractivity contribution in [2.45, 2.75) is 20.8 Å². The zero-order valence-electron chi connectivity index (χ0n) is 13.2. The van der Waals surface area contributed by atoms with Crippen molar-refractivity contribution < 1.29 is 4.79 Å². The Morgan fingerprint density at radius 3 is 2.50 bits per heavy atom. The Kier molecular flexibility index (Phi) is 4.94. The number of nitrogens with zero attached hydrogens (tertiary/aromatic N) is 1. The number of hydrogen-bond donors (Lipinski definition) is 2. The highest BCUT2D eigenvalue weighted by atomic mass is 16.1. The fourth-order valence-corrected chi connectivity index (χ4v) is 2.42. The number of aromatic nitrogens is 1. The maximum atomic E-state index is 12.0.